The van der Waals surface area contributed by atoms with Crippen molar-refractivity contribution in [1.29, 1.82) is 0 Å². The van der Waals surface area contributed by atoms with Gasteiger partial charge in [-0.15, -0.1) is 0 Å². The van der Waals surface area contributed by atoms with Gasteiger partial charge < -0.3 is 4.90 Å². The van der Waals surface area contributed by atoms with E-state index >= 15 is 0 Å². The van der Waals surface area contributed by atoms with Crippen LogP contribution in [0, 0.1) is 13.8 Å². The van der Waals surface area contributed by atoms with Crippen LogP contribution in [0.1, 0.15) is 23.1 Å². The van der Waals surface area contributed by atoms with Gasteiger partial charge in [0.15, 0.2) is 0 Å². The maximum absolute atomic E-state index is 13.0. The maximum atomic E-state index is 13.0. The standard InChI is InChI=1S/C21H25ClN2O3S/c1-16-7-8-17(2)20(15-16)28(26,27)24-13-11-23(12-14-24)21(25)10-9-18-5-3-4-6-19(18)22/h3-8,15H,9-14H2,1-2H3. The second-order valence-electron chi connectivity index (χ2n) is 7.15. The molecule has 0 unspecified atom stereocenters. The summed E-state index contributed by atoms with van der Waals surface area (Å²) in [6.45, 7) is 5.13. The molecule has 0 radical (unpaired) electrons. The highest BCUT2D eigenvalue weighted by Crippen LogP contribution is 2.23. The van der Waals surface area contributed by atoms with E-state index in [0.29, 0.717) is 48.9 Å². The van der Waals surface area contributed by atoms with E-state index in [0.717, 1.165) is 16.7 Å². The molecule has 0 spiro atoms. The first-order valence-corrected chi connectivity index (χ1v) is 11.2. The van der Waals surface area contributed by atoms with Gasteiger partial charge in [-0.05, 0) is 49.1 Å². The zero-order valence-electron chi connectivity index (χ0n) is 16.2. The van der Waals surface area contributed by atoms with Crippen molar-refractivity contribution in [2.45, 2.75) is 31.6 Å². The van der Waals surface area contributed by atoms with Gasteiger partial charge in [0.25, 0.3) is 0 Å². The highest BCUT2D eigenvalue weighted by Gasteiger charge is 2.31. The molecule has 5 nitrogen and oxygen atoms in total. The normalized spacial score (nSPS) is 15.6. The van der Waals surface area contributed by atoms with Crippen LogP contribution in [-0.2, 0) is 21.2 Å². The third kappa shape index (κ3) is 4.57. The van der Waals surface area contributed by atoms with Crippen LogP contribution in [0.2, 0.25) is 5.02 Å². The van der Waals surface area contributed by atoms with Gasteiger partial charge in [-0.2, -0.15) is 4.31 Å². The Labute approximate surface area is 172 Å². The summed E-state index contributed by atoms with van der Waals surface area (Å²) in [5, 5.41) is 0.666. The minimum absolute atomic E-state index is 0.0312. The van der Waals surface area contributed by atoms with Crippen LogP contribution >= 0.6 is 11.6 Å². The zero-order valence-corrected chi connectivity index (χ0v) is 17.8. The van der Waals surface area contributed by atoms with E-state index in [2.05, 4.69) is 0 Å². The summed E-state index contributed by atoms with van der Waals surface area (Å²) < 4.78 is 27.5. The number of amides is 1. The van der Waals surface area contributed by atoms with Crippen molar-refractivity contribution in [2.24, 2.45) is 0 Å². The topological polar surface area (TPSA) is 57.7 Å². The summed E-state index contributed by atoms with van der Waals surface area (Å²) in [4.78, 5) is 14.6. The Morgan fingerprint density at radius 1 is 1.04 bits per heavy atom. The van der Waals surface area contributed by atoms with E-state index in [-0.39, 0.29) is 5.91 Å². The predicted molar refractivity (Wildman–Crippen MR) is 111 cm³/mol. The van der Waals surface area contributed by atoms with Crippen molar-refractivity contribution in [3.8, 4) is 0 Å². The molecule has 0 N–H and O–H groups in total. The number of nitrogens with zero attached hydrogens (tertiary/aromatic N) is 2. The molecule has 1 amide bonds. The van der Waals surface area contributed by atoms with Crippen molar-refractivity contribution >= 4 is 27.5 Å². The van der Waals surface area contributed by atoms with Gasteiger partial charge in [-0.25, -0.2) is 8.42 Å². The molecule has 0 atom stereocenters. The molecule has 2 aromatic rings. The molecule has 1 saturated heterocycles. The Morgan fingerprint density at radius 3 is 2.39 bits per heavy atom. The fourth-order valence-corrected chi connectivity index (χ4v) is 5.37. The van der Waals surface area contributed by atoms with E-state index in [4.69, 9.17) is 11.6 Å². The van der Waals surface area contributed by atoms with Crippen LogP contribution in [0.4, 0.5) is 0 Å². The minimum atomic E-state index is -3.55. The molecule has 3 rings (SSSR count). The van der Waals surface area contributed by atoms with Crippen LogP contribution in [-0.4, -0.2) is 49.7 Å². The number of piperazine rings is 1. The summed E-state index contributed by atoms with van der Waals surface area (Å²) in [7, 11) is -3.55. The maximum Gasteiger partial charge on any atom is 0.243 e. The molecule has 150 valence electrons. The molecule has 0 aromatic heterocycles. The lowest BCUT2D eigenvalue weighted by Crippen LogP contribution is -2.50. The summed E-state index contributed by atoms with van der Waals surface area (Å²) in [5.41, 5.74) is 2.61. The number of benzene rings is 2. The molecule has 0 bridgehead atoms. The van der Waals surface area contributed by atoms with E-state index in [9.17, 15) is 13.2 Å². The predicted octanol–water partition coefficient (Wildman–Crippen LogP) is 3.42. The Morgan fingerprint density at radius 2 is 1.71 bits per heavy atom. The lowest BCUT2D eigenvalue weighted by atomic mass is 10.1. The quantitative estimate of drug-likeness (QED) is 0.744. The molecule has 28 heavy (non-hydrogen) atoms. The summed E-state index contributed by atoms with van der Waals surface area (Å²) in [6.07, 6.45) is 0.951. The van der Waals surface area contributed by atoms with Gasteiger partial charge in [-0.1, -0.05) is 41.9 Å². The van der Waals surface area contributed by atoms with Crippen molar-refractivity contribution in [1.82, 2.24) is 9.21 Å². The average molecular weight is 421 g/mol. The van der Waals surface area contributed by atoms with E-state index in [1.54, 1.807) is 17.9 Å². The largest absolute Gasteiger partial charge is 0.340 e. The Hall–Kier alpha value is -1.89. The van der Waals surface area contributed by atoms with Gasteiger partial charge in [-0.3, -0.25) is 4.79 Å². The Bertz CT molecular complexity index is 967. The number of halogens is 1. The second kappa shape index (κ2) is 8.64. The molecule has 0 aliphatic carbocycles. The molecule has 1 heterocycles. The summed E-state index contributed by atoms with van der Waals surface area (Å²) >= 11 is 6.15. The van der Waals surface area contributed by atoms with Crippen molar-refractivity contribution in [3.63, 3.8) is 0 Å². The second-order valence-corrected chi connectivity index (χ2v) is 9.46. The third-order valence-electron chi connectivity index (χ3n) is 5.12. The summed E-state index contributed by atoms with van der Waals surface area (Å²) in [5.74, 6) is 0.0312. The first kappa shape index (κ1) is 20.8. The smallest absolute Gasteiger partial charge is 0.243 e. The average Bonchev–Trinajstić information content (AvgIpc) is 2.69. The van der Waals surface area contributed by atoms with Gasteiger partial charge in [0, 0.05) is 37.6 Å². The summed E-state index contributed by atoms with van der Waals surface area (Å²) in [6, 6.07) is 13.0. The molecule has 0 saturated carbocycles. The number of carbonyl (C=O) groups excluding carboxylic acids is 1. The molecule has 7 heteroatoms. The molecule has 2 aromatic carbocycles. The highest BCUT2D eigenvalue weighted by atomic mass is 35.5. The molecule has 1 aliphatic rings. The number of carbonyl (C=O) groups is 1. The minimum Gasteiger partial charge on any atom is -0.340 e. The third-order valence-corrected chi connectivity index (χ3v) is 7.53. The van der Waals surface area contributed by atoms with Crippen molar-refractivity contribution < 1.29 is 13.2 Å². The van der Waals surface area contributed by atoms with Crippen LogP contribution in [0.5, 0.6) is 0 Å². The molecular weight excluding hydrogens is 396 g/mol. The zero-order chi connectivity index (χ0) is 20.3. The van der Waals surface area contributed by atoms with Gasteiger partial charge >= 0.3 is 0 Å². The number of hydrogen-bond acceptors (Lipinski definition) is 3. The van der Waals surface area contributed by atoms with E-state index in [1.165, 1.54) is 4.31 Å². The molecule has 1 fully saturated rings. The first-order valence-electron chi connectivity index (χ1n) is 9.37. The lowest BCUT2D eigenvalue weighted by molar-refractivity contribution is -0.132. The van der Waals surface area contributed by atoms with Gasteiger partial charge in [0.05, 0.1) is 4.90 Å². The first-order chi connectivity index (χ1) is 13.3. The van der Waals surface area contributed by atoms with Crippen LogP contribution in [0.3, 0.4) is 0 Å². The molecular formula is C21H25ClN2O3S. The number of aryl methyl sites for hydroxylation is 3. The Balaban J connectivity index is 1.60. The monoisotopic (exact) mass is 420 g/mol. The van der Waals surface area contributed by atoms with E-state index in [1.807, 2.05) is 43.3 Å². The lowest BCUT2D eigenvalue weighted by Gasteiger charge is -2.34. The van der Waals surface area contributed by atoms with Crippen LogP contribution in [0.25, 0.3) is 0 Å². The van der Waals surface area contributed by atoms with Crippen LogP contribution < -0.4 is 0 Å². The SMILES string of the molecule is Cc1ccc(C)c(S(=O)(=O)N2CCN(C(=O)CCc3ccccc3Cl)CC2)c1. The van der Waals surface area contributed by atoms with E-state index < -0.39 is 10.0 Å². The van der Waals surface area contributed by atoms with Crippen molar-refractivity contribution in [3.05, 3.63) is 64.2 Å². The number of hydrogen-bond donors (Lipinski definition) is 0. The van der Waals surface area contributed by atoms with Gasteiger partial charge in [0.2, 0.25) is 15.9 Å². The van der Waals surface area contributed by atoms with Crippen molar-refractivity contribution in [2.75, 3.05) is 26.2 Å². The Kier molecular flexibility index (Phi) is 6.43. The van der Waals surface area contributed by atoms with Crippen LogP contribution in [0.15, 0.2) is 47.4 Å². The fourth-order valence-electron chi connectivity index (χ4n) is 3.40. The highest BCUT2D eigenvalue weighted by molar-refractivity contribution is 7.89. The molecule has 1 aliphatic heterocycles. The van der Waals surface area contributed by atoms with Gasteiger partial charge in [0.1, 0.15) is 0 Å². The fraction of sp³-hybridized carbons (Fsp3) is 0.381. The number of sulfonamides is 1. The number of rotatable bonds is 5.